The van der Waals surface area contributed by atoms with Crippen LogP contribution in [0.3, 0.4) is 0 Å². The molecule has 1 aliphatic rings. The Labute approximate surface area is 140 Å². The number of halogens is 1. The van der Waals surface area contributed by atoms with Crippen molar-refractivity contribution in [3.63, 3.8) is 0 Å². The molecule has 1 heterocycles. The lowest BCUT2D eigenvalue weighted by molar-refractivity contribution is 0.0702. The Kier molecular flexibility index (Phi) is 4.01. The Morgan fingerprint density at radius 1 is 1.25 bits per heavy atom. The molecule has 0 spiro atoms. The predicted octanol–water partition coefficient (Wildman–Crippen LogP) is 2.99. The summed E-state index contributed by atoms with van der Waals surface area (Å²) in [5, 5.41) is 0. The molecule has 0 saturated carbocycles. The molecule has 0 amide bonds. The highest BCUT2D eigenvalue weighted by Gasteiger charge is 2.36. The second kappa shape index (κ2) is 5.75. The Balaban J connectivity index is 2.01. The van der Waals surface area contributed by atoms with Gasteiger partial charge in [-0.05, 0) is 44.2 Å². The third kappa shape index (κ3) is 3.22. The van der Waals surface area contributed by atoms with Crippen molar-refractivity contribution in [2.75, 3.05) is 5.73 Å². The van der Waals surface area contributed by atoms with Gasteiger partial charge in [0.2, 0.25) is 10.0 Å². The Morgan fingerprint density at radius 2 is 1.96 bits per heavy atom. The number of nitrogens with two attached hydrogens (primary N) is 1. The number of benzene rings is 2. The Morgan fingerprint density at radius 3 is 2.67 bits per heavy atom. The van der Waals surface area contributed by atoms with Gasteiger partial charge < -0.3 is 10.5 Å². The maximum atomic E-state index is 13.9. The summed E-state index contributed by atoms with van der Waals surface area (Å²) in [6, 6.07) is 9.82. The molecule has 2 aromatic rings. The minimum atomic E-state index is -4.02. The molecule has 0 saturated heterocycles. The van der Waals surface area contributed by atoms with Crippen LogP contribution in [0.4, 0.5) is 10.1 Å². The van der Waals surface area contributed by atoms with E-state index in [9.17, 15) is 12.8 Å². The molecule has 128 valence electrons. The molecule has 0 bridgehead atoms. The number of fused-ring (bicyclic) bond motifs is 1. The SMILES string of the molecule is CC1(C)CC(NS(=O)(=O)c2ccccc2F)c2cc(N)ccc2O1. The lowest BCUT2D eigenvalue weighted by Crippen LogP contribution is -2.41. The van der Waals surface area contributed by atoms with Gasteiger partial charge in [0.25, 0.3) is 0 Å². The van der Waals surface area contributed by atoms with Gasteiger partial charge in [-0.15, -0.1) is 0 Å². The first-order valence-corrected chi connectivity index (χ1v) is 9.02. The molecule has 24 heavy (non-hydrogen) atoms. The van der Waals surface area contributed by atoms with Gasteiger partial charge in [-0.25, -0.2) is 17.5 Å². The van der Waals surface area contributed by atoms with Crippen molar-refractivity contribution >= 4 is 15.7 Å². The van der Waals surface area contributed by atoms with Gasteiger partial charge >= 0.3 is 0 Å². The van der Waals surface area contributed by atoms with Crippen LogP contribution in [-0.2, 0) is 10.0 Å². The zero-order valence-corrected chi connectivity index (χ0v) is 14.2. The molecule has 0 aliphatic carbocycles. The van der Waals surface area contributed by atoms with Crippen molar-refractivity contribution in [3.8, 4) is 5.75 Å². The minimum Gasteiger partial charge on any atom is -0.487 e. The first kappa shape index (κ1) is 16.7. The van der Waals surface area contributed by atoms with Gasteiger partial charge in [0.05, 0.1) is 6.04 Å². The van der Waals surface area contributed by atoms with Crippen molar-refractivity contribution in [3.05, 3.63) is 53.8 Å². The summed E-state index contributed by atoms with van der Waals surface area (Å²) in [7, 11) is -4.02. The van der Waals surface area contributed by atoms with E-state index in [2.05, 4.69) is 4.72 Å². The third-order valence-electron chi connectivity index (χ3n) is 3.91. The zero-order chi connectivity index (χ0) is 17.5. The van der Waals surface area contributed by atoms with Crippen LogP contribution in [-0.4, -0.2) is 14.0 Å². The second-order valence-electron chi connectivity index (χ2n) is 6.47. The summed E-state index contributed by atoms with van der Waals surface area (Å²) in [4.78, 5) is -0.375. The van der Waals surface area contributed by atoms with Crippen molar-refractivity contribution in [2.45, 2.75) is 36.8 Å². The standard InChI is InChI=1S/C17H19FN2O3S/c1-17(2)10-14(12-9-11(19)7-8-15(12)23-17)20-24(21,22)16-6-4-3-5-13(16)18/h3-9,14,20H,10,19H2,1-2H3. The molecule has 1 aliphatic heterocycles. The smallest absolute Gasteiger partial charge is 0.244 e. The highest BCUT2D eigenvalue weighted by atomic mass is 32.2. The normalized spacial score (nSPS) is 19.4. The van der Waals surface area contributed by atoms with E-state index in [-0.39, 0.29) is 4.90 Å². The van der Waals surface area contributed by atoms with Crippen LogP contribution in [0.1, 0.15) is 31.9 Å². The maximum absolute atomic E-state index is 13.9. The monoisotopic (exact) mass is 350 g/mol. The number of nitrogen functional groups attached to an aromatic ring is 1. The van der Waals surface area contributed by atoms with E-state index < -0.39 is 27.5 Å². The highest BCUT2D eigenvalue weighted by Crippen LogP contribution is 2.41. The van der Waals surface area contributed by atoms with Gasteiger partial charge in [-0.3, -0.25) is 0 Å². The van der Waals surface area contributed by atoms with Crippen LogP contribution in [0.25, 0.3) is 0 Å². The van der Waals surface area contributed by atoms with E-state index >= 15 is 0 Å². The van der Waals surface area contributed by atoms with Crippen LogP contribution in [0.15, 0.2) is 47.4 Å². The molecule has 3 N–H and O–H groups in total. The largest absolute Gasteiger partial charge is 0.487 e. The molecule has 7 heteroatoms. The Hall–Kier alpha value is -2.12. The van der Waals surface area contributed by atoms with E-state index in [0.717, 1.165) is 6.07 Å². The van der Waals surface area contributed by atoms with E-state index in [1.807, 2.05) is 13.8 Å². The summed E-state index contributed by atoms with van der Waals surface area (Å²) >= 11 is 0. The molecule has 0 fully saturated rings. The second-order valence-corrected chi connectivity index (χ2v) is 8.15. The van der Waals surface area contributed by atoms with Crippen molar-refractivity contribution in [1.82, 2.24) is 4.72 Å². The molecule has 0 radical (unpaired) electrons. The fourth-order valence-corrected chi connectivity index (χ4v) is 4.19. The maximum Gasteiger partial charge on any atom is 0.244 e. The number of sulfonamides is 1. The average Bonchev–Trinajstić information content (AvgIpc) is 2.47. The van der Waals surface area contributed by atoms with Crippen LogP contribution in [0.2, 0.25) is 0 Å². The van der Waals surface area contributed by atoms with E-state index in [1.54, 1.807) is 18.2 Å². The fourth-order valence-electron chi connectivity index (χ4n) is 2.89. The van der Waals surface area contributed by atoms with Crippen LogP contribution in [0.5, 0.6) is 5.75 Å². The van der Waals surface area contributed by atoms with Crippen LogP contribution in [0, 0.1) is 5.82 Å². The fraction of sp³-hybridized carbons (Fsp3) is 0.294. The first-order chi connectivity index (χ1) is 11.2. The van der Waals surface area contributed by atoms with Crippen LogP contribution >= 0.6 is 0 Å². The van der Waals surface area contributed by atoms with Gasteiger partial charge in [-0.2, -0.15) is 0 Å². The summed E-state index contributed by atoms with van der Waals surface area (Å²) in [5.41, 5.74) is 6.41. The predicted molar refractivity (Wildman–Crippen MR) is 89.6 cm³/mol. The summed E-state index contributed by atoms with van der Waals surface area (Å²) in [6.45, 7) is 3.74. The van der Waals surface area contributed by atoms with Crippen LogP contribution < -0.4 is 15.2 Å². The molecule has 1 atom stereocenters. The van der Waals surface area contributed by atoms with Crippen molar-refractivity contribution in [2.24, 2.45) is 0 Å². The molecular weight excluding hydrogens is 331 g/mol. The van der Waals surface area contributed by atoms with Gasteiger partial charge in [0, 0.05) is 17.7 Å². The lowest BCUT2D eigenvalue weighted by atomic mass is 9.90. The van der Waals surface area contributed by atoms with Crippen molar-refractivity contribution in [1.29, 1.82) is 0 Å². The molecule has 2 aromatic carbocycles. The van der Waals surface area contributed by atoms with E-state index in [1.165, 1.54) is 18.2 Å². The summed E-state index contributed by atoms with van der Waals surface area (Å²) in [6.07, 6.45) is 0.400. The topological polar surface area (TPSA) is 81.4 Å². The number of hydrogen-bond acceptors (Lipinski definition) is 4. The molecule has 5 nitrogen and oxygen atoms in total. The number of hydrogen-bond donors (Lipinski definition) is 2. The first-order valence-electron chi connectivity index (χ1n) is 7.53. The summed E-state index contributed by atoms with van der Waals surface area (Å²) in [5.74, 6) is -0.217. The van der Waals surface area contributed by atoms with Crippen molar-refractivity contribution < 1.29 is 17.5 Å². The number of nitrogens with one attached hydrogen (secondary N) is 1. The number of ether oxygens (including phenoxy) is 1. The van der Waals surface area contributed by atoms with Gasteiger partial charge in [-0.1, -0.05) is 12.1 Å². The minimum absolute atomic E-state index is 0.375. The molecule has 1 unspecified atom stereocenters. The van der Waals surface area contributed by atoms with Gasteiger partial charge in [0.1, 0.15) is 22.1 Å². The van der Waals surface area contributed by atoms with E-state index in [0.29, 0.717) is 23.4 Å². The zero-order valence-electron chi connectivity index (χ0n) is 13.4. The molecule has 0 aromatic heterocycles. The average molecular weight is 350 g/mol. The number of anilines is 1. The van der Waals surface area contributed by atoms with Gasteiger partial charge in [0.15, 0.2) is 0 Å². The Bertz CT molecular complexity index is 881. The lowest BCUT2D eigenvalue weighted by Gasteiger charge is -2.37. The quantitative estimate of drug-likeness (QED) is 0.834. The molecular formula is C17H19FN2O3S. The summed E-state index contributed by atoms with van der Waals surface area (Å²) < 4.78 is 47.6. The highest BCUT2D eigenvalue weighted by molar-refractivity contribution is 7.89. The van der Waals surface area contributed by atoms with E-state index in [4.69, 9.17) is 10.5 Å². The number of rotatable bonds is 3. The molecule has 3 rings (SSSR count). The third-order valence-corrected chi connectivity index (χ3v) is 5.42.